The number of benzene rings is 1. The molecule has 0 aromatic heterocycles. The van der Waals surface area contributed by atoms with Gasteiger partial charge in [-0.3, -0.25) is 9.35 Å². The molecule has 1 aromatic rings. The third-order valence-electron chi connectivity index (χ3n) is 2.37. The van der Waals surface area contributed by atoms with E-state index in [1.165, 1.54) is 4.90 Å². The van der Waals surface area contributed by atoms with Gasteiger partial charge in [-0.05, 0) is 5.56 Å². The summed E-state index contributed by atoms with van der Waals surface area (Å²) < 4.78 is 30.1. The average Bonchev–Trinajstić information content (AvgIpc) is 2.62. The topological polar surface area (TPSA) is 74.7 Å². The molecule has 1 N–H and O–H groups in total. The van der Waals surface area contributed by atoms with Crippen LogP contribution < -0.4 is 0 Å². The summed E-state index contributed by atoms with van der Waals surface area (Å²) in [5.74, 6) is -0.196. The van der Waals surface area contributed by atoms with Crippen molar-refractivity contribution in [1.82, 2.24) is 4.90 Å². The van der Waals surface area contributed by atoms with Crippen LogP contribution in [0.1, 0.15) is 5.56 Å². The van der Waals surface area contributed by atoms with Crippen molar-refractivity contribution < 1.29 is 17.8 Å². The predicted octanol–water partition coefficient (Wildman–Crippen LogP) is 0.933. The van der Waals surface area contributed by atoms with Gasteiger partial charge in [0.2, 0.25) is 10.6 Å². The second kappa shape index (κ2) is 4.67. The molecule has 0 spiro atoms. The average molecular weight is 273 g/mol. The summed E-state index contributed by atoms with van der Waals surface area (Å²) >= 11 is 0.923. The number of thioether (sulfide) groups is 1. The maximum Gasteiger partial charge on any atom is 0.296 e. The molecule has 1 aliphatic rings. The molecule has 1 saturated heterocycles. The Hall–Kier alpha value is -1.05. The molecule has 0 aliphatic carbocycles. The van der Waals surface area contributed by atoms with E-state index in [1.54, 1.807) is 12.1 Å². The quantitative estimate of drug-likeness (QED) is 0.829. The molecule has 0 bridgehead atoms. The van der Waals surface area contributed by atoms with Crippen molar-refractivity contribution in [3.05, 3.63) is 35.9 Å². The van der Waals surface area contributed by atoms with Gasteiger partial charge in [0.25, 0.3) is 10.1 Å². The van der Waals surface area contributed by atoms with Crippen molar-refractivity contribution in [2.45, 2.75) is 11.3 Å². The summed E-state index contributed by atoms with van der Waals surface area (Å²) in [5.41, 5.74) is 0.831. The van der Waals surface area contributed by atoms with Crippen molar-refractivity contribution in [1.29, 1.82) is 0 Å². The summed E-state index contributed by atoms with van der Waals surface area (Å²) in [6, 6.07) is 9.07. The van der Waals surface area contributed by atoms with Crippen molar-refractivity contribution in [3.63, 3.8) is 0 Å². The lowest BCUT2D eigenvalue weighted by Crippen LogP contribution is -2.36. The van der Waals surface area contributed by atoms with Crippen LogP contribution in [0.5, 0.6) is 0 Å². The first-order valence-electron chi connectivity index (χ1n) is 4.90. The van der Waals surface area contributed by atoms with Crippen LogP contribution >= 0.6 is 11.8 Å². The van der Waals surface area contributed by atoms with E-state index in [2.05, 4.69) is 0 Å². The molecule has 92 valence electrons. The van der Waals surface area contributed by atoms with Gasteiger partial charge in [0, 0.05) is 6.54 Å². The Labute approximate surface area is 104 Å². The summed E-state index contributed by atoms with van der Waals surface area (Å²) in [4.78, 5) is 12.7. The number of nitrogens with zero attached hydrogens (tertiary/aromatic N) is 1. The van der Waals surface area contributed by atoms with Gasteiger partial charge in [-0.2, -0.15) is 8.42 Å². The van der Waals surface area contributed by atoms with Crippen LogP contribution in [0.25, 0.3) is 0 Å². The second-order valence-corrected chi connectivity index (χ2v) is 6.48. The van der Waals surface area contributed by atoms with Crippen LogP contribution in [0.3, 0.4) is 0 Å². The van der Waals surface area contributed by atoms with Crippen LogP contribution in [0.2, 0.25) is 0 Å². The van der Waals surface area contributed by atoms with E-state index in [-0.39, 0.29) is 18.2 Å². The number of amides is 1. The molecule has 0 radical (unpaired) electrons. The Morgan fingerprint density at radius 1 is 1.35 bits per heavy atom. The lowest BCUT2D eigenvalue weighted by molar-refractivity contribution is -0.127. The normalized spacial score (nSPS) is 20.9. The number of rotatable bonds is 3. The van der Waals surface area contributed by atoms with E-state index in [0.717, 1.165) is 17.3 Å². The van der Waals surface area contributed by atoms with Gasteiger partial charge in [-0.1, -0.05) is 30.3 Å². The third-order valence-corrected chi connectivity index (χ3v) is 5.23. The molecule has 1 fully saturated rings. The van der Waals surface area contributed by atoms with Gasteiger partial charge in [0.05, 0.1) is 5.75 Å². The summed E-state index contributed by atoms with van der Waals surface area (Å²) in [5, 5.41) is 0. The van der Waals surface area contributed by atoms with Crippen LogP contribution in [0.15, 0.2) is 30.3 Å². The zero-order valence-corrected chi connectivity index (χ0v) is 10.4. The van der Waals surface area contributed by atoms with E-state index < -0.39 is 14.8 Å². The molecule has 17 heavy (non-hydrogen) atoms. The van der Waals surface area contributed by atoms with Gasteiger partial charge in [0.15, 0.2) is 0 Å². The van der Waals surface area contributed by atoms with Crippen molar-refractivity contribution in [2.75, 3.05) is 5.75 Å². The van der Waals surface area contributed by atoms with E-state index in [9.17, 15) is 13.2 Å². The minimum absolute atomic E-state index is 0.0806. The van der Waals surface area contributed by atoms with Crippen molar-refractivity contribution >= 4 is 27.8 Å². The van der Waals surface area contributed by atoms with Crippen molar-refractivity contribution in [2.24, 2.45) is 0 Å². The van der Waals surface area contributed by atoms with E-state index >= 15 is 0 Å². The molecule has 1 aromatic carbocycles. The molecule has 7 heteroatoms. The fraction of sp³-hybridized carbons (Fsp3) is 0.300. The number of hydrogen-bond donors (Lipinski definition) is 1. The van der Waals surface area contributed by atoms with E-state index in [4.69, 9.17) is 4.55 Å². The number of carbonyl (C=O) groups is 1. The van der Waals surface area contributed by atoms with Crippen LogP contribution in [0, 0.1) is 0 Å². The Kier molecular flexibility index (Phi) is 3.41. The number of carbonyl (C=O) groups excluding carboxylic acids is 1. The lowest BCUT2D eigenvalue weighted by atomic mass is 10.2. The molecule has 1 amide bonds. The zero-order valence-electron chi connectivity index (χ0n) is 8.81. The van der Waals surface area contributed by atoms with Gasteiger partial charge in [-0.15, -0.1) is 11.8 Å². The Balaban J connectivity index is 2.21. The third kappa shape index (κ3) is 2.80. The summed E-state index contributed by atoms with van der Waals surface area (Å²) in [6.45, 7) is 0.192. The largest absolute Gasteiger partial charge is 0.310 e. The van der Waals surface area contributed by atoms with Crippen LogP contribution in [-0.2, 0) is 21.5 Å². The van der Waals surface area contributed by atoms with E-state index in [0.29, 0.717) is 0 Å². The minimum atomic E-state index is -4.24. The molecule has 1 heterocycles. The maximum atomic E-state index is 11.6. The molecule has 0 saturated carbocycles. The highest BCUT2D eigenvalue weighted by atomic mass is 32.3. The molecule has 1 atom stereocenters. The molecule has 1 aliphatic heterocycles. The maximum absolute atomic E-state index is 11.6. The second-order valence-electron chi connectivity index (χ2n) is 3.64. The molecule has 1 unspecified atom stereocenters. The van der Waals surface area contributed by atoms with Gasteiger partial charge in [0.1, 0.15) is 0 Å². The highest BCUT2D eigenvalue weighted by Gasteiger charge is 2.39. The lowest BCUT2D eigenvalue weighted by Gasteiger charge is -2.21. The van der Waals surface area contributed by atoms with Gasteiger partial charge >= 0.3 is 0 Å². The van der Waals surface area contributed by atoms with Gasteiger partial charge in [-0.25, -0.2) is 0 Å². The zero-order chi connectivity index (χ0) is 12.5. The first kappa shape index (κ1) is 12.4. The first-order valence-corrected chi connectivity index (χ1v) is 7.45. The van der Waals surface area contributed by atoms with Crippen molar-refractivity contribution in [3.8, 4) is 0 Å². The number of hydrogen-bond acceptors (Lipinski definition) is 4. The summed E-state index contributed by atoms with van der Waals surface area (Å²) in [7, 11) is -4.24. The van der Waals surface area contributed by atoms with Crippen LogP contribution in [0.4, 0.5) is 0 Å². The van der Waals surface area contributed by atoms with Crippen LogP contribution in [-0.4, -0.2) is 34.2 Å². The summed E-state index contributed by atoms with van der Waals surface area (Å²) in [6.07, 6.45) is 0. The van der Waals surface area contributed by atoms with Gasteiger partial charge < -0.3 is 4.90 Å². The minimum Gasteiger partial charge on any atom is -0.310 e. The first-order chi connectivity index (χ1) is 7.98. The Morgan fingerprint density at radius 2 is 2.00 bits per heavy atom. The Bertz CT molecular complexity index is 514. The fourth-order valence-corrected chi connectivity index (χ4v) is 3.85. The standard InChI is InChI=1S/C10H11NO4S2/c12-9-7-16-10(17(13,14)15)11(9)6-8-4-2-1-3-5-8/h1-5,10H,6-7H2,(H,13,14,15). The predicted molar refractivity (Wildman–Crippen MR) is 64.8 cm³/mol. The molecule has 5 nitrogen and oxygen atoms in total. The molecule has 2 rings (SSSR count). The SMILES string of the molecule is O=C1CSC(S(=O)(=O)O)N1Cc1ccccc1. The highest BCUT2D eigenvalue weighted by Crippen LogP contribution is 2.29. The monoisotopic (exact) mass is 273 g/mol. The Morgan fingerprint density at radius 3 is 2.59 bits per heavy atom. The fourth-order valence-electron chi connectivity index (χ4n) is 1.62. The van der Waals surface area contributed by atoms with E-state index in [1.807, 2.05) is 18.2 Å². The highest BCUT2D eigenvalue weighted by molar-refractivity contribution is 8.12. The molecular formula is C10H11NO4S2. The molecular weight excluding hydrogens is 262 g/mol. The smallest absolute Gasteiger partial charge is 0.296 e.